The second-order valence-electron chi connectivity index (χ2n) is 7.01. The molecule has 0 atom stereocenters. The van der Waals surface area contributed by atoms with Crippen LogP contribution in [0.2, 0.25) is 0 Å². The van der Waals surface area contributed by atoms with E-state index in [2.05, 4.69) is 67.8 Å². The van der Waals surface area contributed by atoms with Crippen LogP contribution in [0.4, 0.5) is 0 Å². The Labute approximate surface area is 184 Å². The number of thioether (sulfide) groups is 1. The Balaban J connectivity index is 0.00000141. The average Bonchev–Trinajstić information content (AvgIpc) is 2.94. The van der Waals surface area contributed by atoms with Gasteiger partial charge in [0.15, 0.2) is 0 Å². The second kappa shape index (κ2) is 12.5. The summed E-state index contributed by atoms with van der Waals surface area (Å²) in [5.41, 5.74) is 10.0. The number of primary amides is 1. The molecular formula is C24H30N4OS. The molecule has 0 saturated carbocycles. The third-order valence-electron chi connectivity index (χ3n) is 4.53. The molecule has 1 amide bonds. The molecule has 2 N–H and O–H groups in total. The lowest BCUT2D eigenvalue weighted by molar-refractivity contribution is -0.106. The first-order valence-electron chi connectivity index (χ1n) is 9.63. The number of nitrogens with two attached hydrogens (primary N) is 1. The number of hydrogen-bond donors (Lipinski definition) is 1. The number of pyridine rings is 1. The van der Waals surface area contributed by atoms with Gasteiger partial charge in [-0.3, -0.25) is 9.78 Å². The highest BCUT2D eigenvalue weighted by molar-refractivity contribution is 8.03. The Bertz CT molecular complexity index is 963. The summed E-state index contributed by atoms with van der Waals surface area (Å²) >= 11 is 1.70. The fourth-order valence-electron chi connectivity index (χ4n) is 3.09. The molecule has 6 heteroatoms. The molecule has 0 aliphatic rings. The fourth-order valence-corrected chi connectivity index (χ4v) is 4.53. The molecule has 2 rings (SSSR count). The van der Waals surface area contributed by atoms with Gasteiger partial charge in [-0.1, -0.05) is 38.3 Å². The Hall–Kier alpha value is -3.04. The molecule has 2 aromatic rings. The van der Waals surface area contributed by atoms with Gasteiger partial charge in [0.1, 0.15) is 0 Å². The number of allylic oxidation sites excluding steroid dienone is 4. The SMILES string of the molecule is C=C/C=C(\C=C(/C)C#N)Sc1c(C(C)C)c(C)c(C)n1Cc1ccncc1.NC=O. The van der Waals surface area contributed by atoms with Crippen LogP contribution in [0.3, 0.4) is 0 Å². The van der Waals surface area contributed by atoms with Gasteiger partial charge in [0.05, 0.1) is 11.1 Å². The largest absolute Gasteiger partial charge is 0.372 e. The van der Waals surface area contributed by atoms with Gasteiger partial charge in [0, 0.05) is 35.1 Å². The molecule has 0 aliphatic carbocycles. The molecule has 0 aromatic carbocycles. The number of aromatic nitrogens is 2. The van der Waals surface area contributed by atoms with E-state index in [0.717, 1.165) is 11.4 Å². The van der Waals surface area contributed by atoms with Gasteiger partial charge >= 0.3 is 0 Å². The fraction of sp³-hybridized carbons (Fsp3) is 0.292. The molecular weight excluding hydrogens is 392 g/mol. The second-order valence-corrected chi connectivity index (χ2v) is 8.07. The minimum absolute atomic E-state index is 0.250. The number of amides is 1. The summed E-state index contributed by atoms with van der Waals surface area (Å²) < 4.78 is 2.37. The van der Waals surface area contributed by atoms with Crippen LogP contribution >= 0.6 is 11.8 Å². The lowest BCUT2D eigenvalue weighted by Crippen LogP contribution is -2.04. The van der Waals surface area contributed by atoms with Crippen molar-refractivity contribution in [2.24, 2.45) is 5.73 Å². The van der Waals surface area contributed by atoms with Crippen LogP contribution in [0, 0.1) is 25.2 Å². The van der Waals surface area contributed by atoms with E-state index in [0.29, 0.717) is 11.5 Å². The smallest absolute Gasteiger partial charge is 0.204 e. The molecule has 30 heavy (non-hydrogen) atoms. The number of hydrogen-bond acceptors (Lipinski definition) is 4. The minimum atomic E-state index is 0.250. The predicted molar refractivity (Wildman–Crippen MR) is 125 cm³/mol. The summed E-state index contributed by atoms with van der Waals surface area (Å²) in [6.07, 6.45) is 9.57. The Morgan fingerprint density at radius 2 is 1.97 bits per heavy atom. The van der Waals surface area contributed by atoms with Gasteiger partial charge in [-0.25, -0.2) is 0 Å². The van der Waals surface area contributed by atoms with Crippen molar-refractivity contribution in [2.75, 3.05) is 0 Å². The van der Waals surface area contributed by atoms with E-state index < -0.39 is 0 Å². The molecule has 0 spiro atoms. The summed E-state index contributed by atoms with van der Waals surface area (Å²) in [5.74, 6) is 0.413. The number of rotatable bonds is 7. The highest BCUT2D eigenvalue weighted by Crippen LogP contribution is 2.40. The highest BCUT2D eigenvalue weighted by atomic mass is 32.2. The zero-order chi connectivity index (χ0) is 22.7. The van der Waals surface area contributed by atoms with Gasteiger partial charge < -0.3 is 10.3 Å². The molecule has 0 unspecified atom stereocenters. The van der Waals surface area contributed by atoms with E-state index in [1.54, 1.807) is 17.8 Å². The summed E-state index contributed by atoms with van der Waals surface area (Å²) in [4.78, 5) is 13.7. The van der Waals surface area contributed by atoms with Crippen molar-refractivity contribution in [1.29, 1.82) is 5.26 Å². The van der Waals surface area contributed by atoms with Gasteiger partial charge in [0.2, 0.25) is 6.41 Å². The maximum atomic E-state index is 9.17. The molecule has 0 fully saturated rings. The van der Waals surface area contributed by atoms with E-state index in [4.69, 9.17) is 10.1 Å². The normalized spacial score (nSPS) is 11.5. The van der Waals surface area contributed by atoms with Crippen LogP contribution < -0.4 is 5.73 Å². The molecule has 2 heterocycles. The zero-order valence-electron chi connectivity index (χ0n) is 18.3. The maximum absolute atomic E-state index is 9.17. The van der Waals surface area contributed by atoms with Crippen LogP contribution in [0.15, 0.2) is 64.8 Å². The topological polar surface area (TPSA) is 84.7 Å². The van der Waals surface area contributed by atoms with Crippen molar-refractivity contribution < 1.29 is 4.79 Å². The molecule has 2 aromatic heterocycles. The van der Waals surface area contributed by atoms with Crippen LogP contribution in [-0.4, -0.2) is 16.0 Å². The Morgan fingerprint density at radius 3 is 2.47 bits per heavy atom. The van der Waals surface area contributed by atoms with Gasteiger partial charge in [-0.2, -0.15) is 5.26 Å². The first-order valence-corrected chi connectivity index (χ1v) is 10.4. The molecule has 0 aliphatic heterocycles. The van der Waals surface area contributed by atoms with Crippen LogP contribution in [0.1, 0.15) is 49.1 Å². The lowest BCUT2D eigenvalue weighted by Gasteiger charge is -2.15. The van der Waals surface area contributed by atoms with Crippen molar-refractivity contribution in [3.63, 3.8) is 0 Å². The number of carbonyl (C=O) groups excluding carboxylic acids is 1. The monoisotopic (exact) mass is 422 g/mol. The molecule has 0 radical (unpaired) electrons. The first kappa shape index (κ1) is 25.0. The van der Waals surface area contributed by atoms with E-state index in [9.17, 15) is 0 Å². The van der Waals surface area contributed by atoms with Gasteiger partial charge in [-0.05, 0) is 67.7 Å². The lowest BCUT2D eigenvalue weighted by atomic mass is 10.0. The van der Waals surface area contributed by atoms with E-state index >= 15 is 0 Å². The standard InChI is InChI=1S/C23H27N3S.CH3NO/c1-7-8-21(13-17(4)14-24)27-23-22(16(2)3)18(5)19(6)26(23)15-20-9-11-25-12-10-20;2-1-3/h7-13,16H,1,15H2,2-6H3;1H,(H2,2,3)/b17-13+,21-8+;. The number of carbonyl (C=O) groups is 1. The highest BCUT2D eigenvalue weighted by Gasteiger charge is 2.21. The third kappa shape index (κ3) is 6.78. The minimum Gasteiger partial charge on any atom is -0.372 e. The van der Waals surface area contributed by atoms with Crippen LogP contribution in [-0.2, 0) is 11.3 Å². The van der Waals surface area contributed by atoms with Crippen LogP contribution in [0.25, 0.3) is 0 Å². The van der Waals surface area contributed by atoms with E-state index in [1.165, 1.54) is 27.4 Å². The summed E-state index contributed by atoms with van der Waals surface area (Å²) in [6.45, 7) is 15.3. The van der Waals surface area contributed by atoms with Crippen LogP contribution in [0.5, 0.6) is 0 Å². The zero-order valence-corrected chi connectivity index (χ0v) is 19.2. The third-order valence-corrected chi connectivity index (χ3v) is 5.65. The summed E-state index contributed by atoms with van der Waals surface area (Å²) in [7, 11) is 0. The predicted octanol–water partition coefficient (Wildman–Crippen LogP) is 5.41. The molecule has 5 nitrogen and oxygen atoms in total. The maximum Gasteiger partial charge on any atom is 0.204 e. The Morgan fingerprint density at radius 1 is 1.37 bits per heavy atom. The van der Waals surface area contributed by atoms with E-state index in [1.807, 2.05) is 31.5 Å². The van der Waals surface area contributed by atoms with Crippen molar-refractivity contribution in [2.45, 2.75) is 52.1 Å². The number of nitrogens with zero attached hydrogens (tertiary/aromatic N) is 3. The van der Waals surface area contributed by atoms with Crippen molar-refractivity contribution in [1.82, 2.24) is 9.55 Å². The summed E-state index contributed by atoms with van der Waals surface area (Å²) in [6, 6.07) is 6.32. The number of nitriles is 1. The average molecular weight is 423 g/mol. The first-order chi connectivity index (χ1) is 14.3. The molecule has 0 saturated heterocycles. The Kier molecular flexibility index (Phi) is 10.4. The van der Waals surface area contributed by atoms with Crippen molar-refractivity contribution in [3.8, 4) is 6.07 Å². The van der Waals surface area contributed by atoms with Gasteiger partial charge in [0.25, 0.3) is 0 Å². The van der Waals surface area contributed by atoms with Crippen molar-refractivity contribution in [3.05, 3.63) is 82.2 Å². The molecule has 158 valence electrons. The van der Waals surface area contributed by atoms with Gasteiger partial charge in [-0.15, -0.1) is 0 Å². The van der Waals surface area contributed by atoms with Crippen molar-refractivity contribution >= 4 is 18.2 Å². The molecule has 0 bridgehead atoms. The van der Waals surface area contributed by atoms with E-state index in [-0.39, 0.29) is 6.41 Å². The quantitative estimate of drug-likeness (QED) is 0.280. The summed E-state index contributed by atoms with van der Waals surface area (Å²) in [5, 5.41) is 10.4.